The molecule has 3 rings (SSSR count). The summed E-state index contributed by atoms with van der Waals surface area (Å²) in [5.41, 5.74) is 0.611. The minimum Gasteiger partial charge on any atom is -0.423 e. The predicted molar refractivity (Wildman–Crippen MR) is 130 cm³/mol. The lowest BCUT2D eigenvalue weighted by Crippen LogP contribution is -2.40. The molecular formula is C26H31N3O5. The first-order valence-electron chi connectivity index (χ1n) is 11.3. The van der Waals surface area contributed by atoms with Gasteiger partial charge in [-0.15, -0.1) is 0 Å². The van der Waals surface area contributed by atoms with Gasteiger partial charge in [0.15, 0.2) is 0 Å². The maximum absolute atomic E-state index is 12.3. The first-order chi connectivity index (χ1) is 16.3. The Morgan fingerprint density at radius 3 is 2.62 bits per heavy atom. The molecule has 0 saturated heterocycles. The summed E-state index contributed by atoms with van der Waals surface area (Å²) in [5.74, 6) is 0.161. The van der Waals surface area contributed by atoms with Crippen LogP contribution in [0, 0.1) is 0 Å². The number of esters is 1. The van der Waals surface area contributed by atoms with Crippen LogP contribution in [-0.2, 0) is 17.9 Å². The summed E-state index contributed by atoms with van der Waals surface area (Å²) >= 11 is 0. The quantitative estimate of drug-likeness (QED) is 0.242. The van der Waals surface area contributed by atoms with Gasteiger partial charge in [0.2, 0.25) is 0 Å². The molecule has 0 spiro atoms. The number of nitrogens with zero attached hydrogens (tertiary/aromatic N) is 1. The van der Waals surface area contributed by atoms with Gasteiger partial charge in [-0.2, -0.15) is 0 Å². The van der Waals surface area contributed by atoms with Gasteiger partial charge >= 0.3 is 11.7 Å². The monoisotopic (exact) mass is 465 g/mol. The molecule has 0 saturated carbocycles. The van der Waals surface area contributed by atoms with Crippen molar-refractivity contribution in [2.24, 2.45) is 0 Å². The van der Waals surface area contributed by atoms with Gasteiger partial charge in [0, 0.05) is 24.4 Å². The number of carbonyl (C=O) groups excluding carboxylic acids is 1. The van der Waals surface area contributed by atoms with Crippen molar-refractivity contribution in [3.05, 3.63) is 98.8 Å². The van der Waals surface area contributed by atoms with Crippen LogP contribution < -0.4 is 21.3 Å². The SMILES string of the molecule is CC(C)(CCCOCn1ccc(=O)[nH]c1=O)NCCc1cccc(OC(=O)c2ccccc2)c1. The van der Waals surface area contributed by atoms with Crippen LogP contribution in [0.1, 0.15) is 42.6 Å². The number of rotatable bonds is 12. The van der Waals surface area contributed by atoms with Crippen LogP contribution in [0.5, 0.6) is 5.75 Å². The topological polar surface area (TPSA) is 102 Å². The Balaban J connectivity index is 1.37. The zero-order valence-electron chi connectivity index (χ0n) is 19.6. The van der Waals surface area contributed by atoms with E-state index >= 15 is 0 Å². The zero-order chi connectivity index (χ0) is 24.4. The van der Waals surface area contributed by atoms with Crippen LogP contribution in [0.25, 0.3) is 0 Å². The predicted octanol–water partition coefficient (Wildman–Crippen LogP) is 3.12. The van der Waals surface area contributed by atoms with Gasteiger partial charge < -0.3 is 14.8 Å². The molecule has 0 fully saturated rings. The summed E-state index contributed by atoms with van der Waals surface area (Å²) in [5, 5.41) is 3.56. The van der Waals surface area contributed by atoms with Gasteiger partial charge in [-0.25, -0.2) is 9.59 Å². The molecule has 2 N–H and O–H groups in total. The third-order valence-electron chi connectivity index (χ3n) is 5.35. The molecule has 0 radical (unpaired) electrons. The number of aromatic nitrogens is 2. The standard InChI is InChI=1S/C26H31N3O5/c1-26(2,14-7-17-33-19-29-16-13-23(30)28-25(29)32)27-15-12-20-8-6-11-22(18-20)34-24(31)21-9-4-3-5-10-21/h3-6,8-11,13,16,18,27H,7,12,14-15,17,19H2,1-2H3,(H,28,30,32). The number of aromatic amines is 1. The second-order valence-electron chi connectivity index (χ2n) is 8.68. The number of hydrogen-bond acceptors (Lipinski definition) is 6. The number of H-pyrrole nitrogens is 1. The Bertz CT molecular complexity index is 1180. The number of ether oxygens (including phenoxy) is 2. The van der Waals surface area contributed by atoms with Crippen molar-refractivity contribution in [3.8, 4) is 5.75 Å². The van der Waals surface area contributed by atoms with E-state index in [9.17, 15) is 14.4 Å². The summed E-state index contributed by atoms with van der Waals surface area (Å²) < 4.78 is 12.4. The van der Waals surface area contributed by atoms with Crippen LogP contribution in [0.3, 0.4) is 0 Å². The molecule has 34 heavy (non-hydrogen) atoms. The minimum absolute atomic E-state index is 0.0877. The van der Waals surface area contributed by atoms with E-state index in [0.29, 0.717) is 17.9 Å². The molecule has 8 heteroatoms. The lowest BCUT2D eigenvalue weighted by molar-refractivity contribution is 0.0673. The number of benzene rings is 2. The number of nitrogens with one attached hydrogen (secondary N) is 2. The van der Waals surface area contributed by atoms with Crippen molar-refractivity contribution in [1.82, 2.24) is 14.9 Å². The van der Waals surface area contributed by atoms with E-state index in [1.54, 1.807) is 30.3 Å². The molecule has 180 valence electrons. The van der Waals surface area contributed by atoms with Crippen LogP contribution >= 0.6 is 0 Å². The summed E-state index contributed by atoms with van der Waals surface area (Å²) in [7, 11) is 0. The Morgan fingerprint density at radius 1 is 1.06 bits per heavy atom. The summed E-state index contributed by atoms with van der Waals surface area (Å²) in [6.07, 6.45) is 3.93. The van der Waals surface area contributed by atoms with Gasteiger partial charge in [0.1, 0.15) is 12.5 Å². The van der Waals surface area contributed by atoms with Gasteiger partial charge in [-0.1, -0.05) is 30.3 Å². The Labute approximate surface area is 198 Å². The fourth-order valence-electron chi connectivity index (χ4n) is 3.46. The molecule has 0 amide bonds. The first kappa shape index (κ1) is 25.1. The molecule has 8 nitrogen and oxygen atoms in total. The normalized spacial score (nSPS) is 11.4. The van der Waals surface area contributed by atoms with Crippen LogP contribution in [-0.4, -0.2) is 34.2 Å². The highest BCUT2D eigenvalue weighted by Gasteiger charge is 2.16. The van der Waals surface area contributed by atoms with E-state index in [-0.39, 0.29) is 18.2 Å². The zero-order valence-corrected chi connectivity index (χ0v) is 19.6. The molecule has 0 bridgehead atoms. The van der Waals surface area contributed by atoms with E-state index in [1.807, 2.05) is 24.3 Å². The first-order valence-corrected chi connectivity index (χ1v) is 11.3. The average Bonchev–Trinajstić information content (AvgIpc) is 2.81. The molecule has 1 aromatic heterocycles. The maximum atomic E-state index is 12.3. The van der Waals surface area contributed by atoms with E-state index in [4.69, 9.17) is 9.47 Å². The van der Waals surface area contributed by atoms with Crippen molar-refractivity contribution in [1.29, 1.82) is 0 Å². The average molecular weight is 466 g/mol. The highest BCUT2D eigenvalue weighted by Crippen LogP contribution is 2.17. The second kappa shape index (κ2) is 12.1. The van der Waals surface area contributed by atoms with Gasteiger partial charge in [-0.3, -0.25) is 14.3 Å². The molecule has 0 unspecified atom stereocenters. The largest absolute Gasteiger partial charge is 0.423 e. The fourth-order valence-corrected chi connectivity index (χ4v) is 3.46. The van der Waals surface area contributed by atoms with Crippen molar-refractivity contribution in [2.75, 3.05) is 13.2 Å². The van der Waals surface area contributed by atoms with Gasteiger partial charge in [0.05, 0.1) is 5.56 Å². The number of carbonyl (C=O) groups is 1. The van der Waals surface area contributed by atoms with E-state index in [2.05, 4.69) is 24.1 Å². The number of hydrogen-bond donors (Lipinski definition) is 2. The fraction of sp³-hybridized carbons (Fsp3) is 0.346. The molecule has 0 aliphatic carbocycles. The Morgan fingerprint density at radius 2 is 1.85 bits per heavy atom. The van der Waals surface area contributed by atoms with Crippen molar-refractivity contribution >= 4 is 5.97 Å². The molecule has 0 aliphatic rings. The van der Waals surface area contributed by atoms with Crippen molar-refractivity contribution in [3.63, 3.8) is 0 Å². The molecular weight excluding hydrogens is 434 g/mol. The molecule has 0 atom stereocenters. The van der Waals surface area contributed by atoms with Crippen LogP contribution in [0.4, 0.5) is 0 Å². The van der Waals surface area contributed by atoms with Crippen molar-refractivity contribution in [2.45, 2.75) is 45.4 Å². The Kier molecular flexibility index (Phi) is 8.95. The van der Waals surface area contributed by atoms with E-state index in [0.717, 1.165) is 31.4 Å². The van der Waals surface area contributed by atoms with E-state index in [1.165, 1.54) is 16.8 Å². The van der Waals surface area contributed by atoms with Crippen LogP contribution in [0.2, 0.25) is 0 Å². The third kappa shape index (κ3) is 8.13. The smallest absolute Gasteiger partial charge is 0.343 e. The summed E-state index contributed by atoms with van der Waals surface area (Å²) in [4.78, 5) is 37.2. The summed E-state index contributed by atoms with van der Waals surface area (Å²) in [6.45, 7) is 5.66. The lowest BCUT2D eigenvalue weighted by atomic mass is 9.98. The second-order valence-corrected chi connectivity index (χ2v) is 8.68. The maximum Gasteiger partial charge on any atom is 0.343 e. The van der Waals surface area contributed by atoms with Crippen LogP contribution in [0.15, 0.2) is 76.4 Å². The van der Waals surface area contributed by atoms with Crippen molar-refractivity contribution < 1.29 is 14.3 Å². The highest BCUT2D eigenvalue weighted by atomic mass is 16.5. The molecule has 1 heterocycles. The lowest BCUT2D eigenvalue weighted by Gasteiger charge is -2.26. The van der Waals surface area contributed by atoms with E-state index < -0.39 is 11.2 Å². The minimum atomic E-state index is -0.478. The summed E-state index contributed by atoms with van der Waals surface area (Å²) in [6, 6.07) is 17.8. The third-order valence-corrected chi connectivity index (χ3v) is 5.35. The molecule has 2 aromatic carbocycles. The molecule has 3 aromatic rings. The highest BCUT2D eigenvalue weighted by molar-refractivity contribution is 5.90. The van der Waals surface area contributed by atoms with Gasteiger partial charge in [-0.05, 0) is 69.5 Å². The Hall–Kier alpha value is -3.49. The molecule has 0 aliphatic heterocycles. The van der Waals surface area contributed by atoms with Gasteiger partial charge in [0.25, 0.3) is 5.56 Å².